The molecule has 0 aliphatic rings. The molecule has 1 nitrogen and oxygen atoms in total. The third kappa shape index (κ3) is 5.12. The minimum Gasteiger partial charge on any atom is -0.411 e. The Morgan fingerprint density at radius 2 is 0.667 bits per heavy atom. The molecule has 0 spiro atoms. The summed E-state index contributed by atoms with van der Waals surface area (Å²) in [4.78, 5) is 0. The minimum atomic E-state index is -9.25. The molecular weight excluding hydrogens is 642 g/mol. The number of alkyl halides is 22. The van der Waals surface area contributed by atoms with Gasteiger partial charge in [0, 0.05) is 0 Å². The van der Waals surface area contributed by atoms with E-state index in [1.165, 1.54) is 0 Å². The molecule has 0 aliphatic heterocycles. The van der Waals surface area contributed by atoms with Crippen molar-refractivity contribution in [2.45, 2.75) is 85.3 Å². The van der Waals surface area contributed by atoms with Crippen LogP contribution in [0, 0.1) is 0 Å². The van der Waals surface area contributed by atoms with Gasteiger partial charge in [-0.1, -0.05) is 0 Å². The standard InChI is InChI=1S/C15H12F22OSi/c1-39(2,3)38-4-6(18,19)8(22,23)10(26,27)12(30,31)14(34,35)15(36,37)13(32,33)11(28,29)9(24,25)7(20,21)5(16)17/h5H,4H2,1-3H3. The second kappa shape index (κ2) is 9.59. The number of rotatable bonds is 13. The number of hydrogen-bond donors (Lipinski definition) is 0. The first-order valence-corrected chi connectivity index (χ1v) is 12.5. The zero-order valence-electron chi connectivity index (χ0n) is 18.5. The third-order valence-corrected chi connectivity index (χ3v) is 5.61. The van der Waals surface area contributed by atoms with Crippen LogP contribution in [0.15, 0.2) is 0 Å². The van der Waals surface area contributed by atoms with Crippen LogP contribution < -0.4 is 0 Å². The summed E-state index contributed by atoms with van der Waals surface area (Å²) in [6, 6.07) is 0. The Bertz CT molecular complexity index is 871. The fourth-order valence-corrected chi connectivity index (χ4v) is 2.77. The Morgan fingerprint density at radius 3 is 0.897 bits per heavy atom. The highest BCUT2D eigenvalue weighted by Crippen LogP contribution is 2.66. The molecule has 39 heavy (non-hydrogen) atoms. The van der Waals surface area contributed by atoms with Crippen LogP contribution in [0.3, 0.4) is 0 Å². The molecule has 0 rings (SSSR count). The fourth-order valence-electron chi connectivity index (χ4n) is 2.16. The molecule has 0 aromatic heterocycles. The topological polar surface area (TPSA) is 9.23 Å². The van der Waals surface area contributed by atoms with Crippen molar-refractivity contribution in [2.24, 2.45) is 0 Å². The maximum atomic E-state index is 13.7. The van der Waals surface area contributed by atoms with Crippen molar-refractivity contribution in [3.63, 3.8) is 0 Å². The van der Waals surface area contributed by atoms with Gasteiger partial charge in [-0.05, 0) is 19.6 Å². The molecule has 0 bridgehead atoms. The van der Waals surface area contributed by atoms with Crippen molar-refractivity contribution >= 4 is 8.32 Å². The largest absolute Gasteiger partial charge is 0.411 e. The zero-order valence-corrected chi connectivity index (χ0v) is 19.5. The number of halogens is 22. The first kappa shape index (κ1) is 37.6. The van der Waals surface area contributed by atoms with Gasteiger partial charge in [-0.25, -0.2) is 8.78 Å². The van der Waals surface area contributed by atoms with Gasteiger partial charge in [0.15, 0.2) is 8.32 Å². The molecule has 0 aliphatic carbocycles. The predicted molar refractivity (Wildman–Crippen MR) is 84.8 cm³/mol. The van der Waals surface area contributed by atoms with Crippen molar-refractivity contribution < 1.29 is 101 Å². The van der Waals surface area contributed by atoms with Gasteiger partial charge in [-0.15, -0.1) is 0 Å². The molecule has 0 saturated carbocycles. The average molecular weight is 654 g/mol. The Morgan fingerprint density at radius 1 is 0.436 bits per heavy atom. The lowest BCUT2D eigenvalue weighted by atomic mass is 9.85. The second-order valence-corrected chi connectivity index (χ2v) is 13.1. The molecule has 236 valence electrons. The molecule has 0 saturated heterocycles. The molecule has 0 amide bonds. The predicted octanol–water partition coefficient (Wildman–Crippen LogP) is 8.46. The van der Waals surface area contributed by atoms with Gasteiger partial charge < -0.3 is 4.43 Å². The summed E-state index contributed by atoms with van der Waals surface area (Å²) < 4.78 is 297. The molecule has 0 aromatic rings. The summed E-state index contributed by atoms with van der Waals surface area (Å²) in [5.74, 6) is -85.4. The summed E-state index contributed by atoms with van der Waals surface area (Å²) in [5.41, 5.74) is 0. The van der Waals surface area contributed by atoms with Crippen LogP contribution >= 0.6 is 0 Å². The van der Waals surface area contributed by atoms with Gasteiger partial charge >= 0.3 is 65.7 Å². The zero-order chi connectivity index (χ0) is 32.5. The van der Waals surface area contributed by atoms with E-state index < -0.39 is 80.6 Å². The average Bonchev–Trinajstić information content (AvgIpc) is 2.70. The van der Waals surface area contributed by atoms with Crippen LogP contribution in [0.25, 0.3) is 0 Å². The van der Waals surface area contributed by atoms with E-state index in [0.717, 1.165) is 19.6 Å². The van der Waals surface area contributed by atoms with E-state index in [0.29, 0.717) is 0 Å². The molecule has 0 N–H and O–H groups in total. The first-order chi connectivity index (χ1) is 16.4. The van der Waals surface area contributed by atoms with Crippen LogP contribution in [-0.4, -0.2) is 80.6 Å². The molecule has 0 unspecified atom stereocenters. The van der Waals surface area contributed by atoms with Crippen LogP contribution in [-0.2, 0) is 4.43 Å². The lowest BCUT2D eigenvalue weighted by Gasteiger charge is -2.45. The second-order valence-electron chi connectivity index (χ2n) is 8.62. The van der Waals surface area contributed by atoms with Gasteiger partial charge in [0.2, 0.25) is 0 Å². The Balaban J connectivity index is 7.04. The van der Waals surface area contributed by atoms with Crippen LogP contribution in [0.4, 0.5) is 96.6 Å². The van der Waals surface area contributed by atoms with E-state index >= 15 is 0 Å². The molecular formula is C15H12F22OSi. The quantitative estimate of drug-likeness (QED) is 0.143. The molecule has 0 atom stereocenters. The Hall–Kier alpha value is -1.36. The monoisotopic (exact) mass is 654 g/mol. The van der Waals surface area contributed by atoms with E-state index in [9.17, 15) is 96.6 Å². The van der Waals surface area contributed by atoms with Crippen LogP contribution in [0.2, 0.25) is 19.6 Å². The molecule has 0 aromatic carbocycles. The van der Waals surface area contributed by atoms with E-state index in [-0.39, 0.29) is 0 Å². The van der Waals surface area contributed by atoms with Gasteiger partial charge in [-0.3, -0.25) is 0 Å². The molecule has 24 heteroatoms. The van der Waals surface area contributed by atoms with Crippen molar-refractivity contribution in [3.05, 3.63) is 0 Å². The SMILES string of the molecule is C[Si](C)(C)OCC(F)(F)C(F)(F)C(F)(F)C(F)(F)C(F)(F)C(F)(F)C(F)(F)C(F)(F)C(F)(F)C(F)(F)C(F)F. The van der Waals surface area contributed by atoms with Gasteiger partial charge in [-0.2, -0.15) is 87.8 Å². The Kier molecular flexibility index (Phi) is 9.26. The van der Waals surface area contributed by atoms with E-state index in [1.807, 2.05) is 0 Å². The van der Waals surface area contributed by atoms with E-state index in [1.54, 1.807) is 0 Å². The lowest BCUT2D eigenvalue weighted by molar-refractivity contribution is -0.471. The van der Waals surface area contributed by atoms with Crippen LogP contribution in [0.1, 0.15) is 0 Å². The summed E-state index contributed by atoms with van der Waals surface area (Å²) in [6.45, 7) is -0.457. The van der Waals surface area contributed by atoms with Crippen molar-refractivity contribution in [1.82, 2.24) is 0 Å². The Labute approximate surface area is 202 Å². The van der Waals surface area contributed by atoms with Gasteiger partial charge in [0.05, 0.1) is 0 Å². The third-order valence-electron chi connectivity index (χ3n) is 4.60. The maximum Gasteiger partial charge on any atom is 0.385 e. The number of hydrogen-bond acceptors (Lipinski definition) is 1. The van der Waals surface area contributed by atoms with Crippen molar-refractivity contribution in [1.29, 1.82) is 0 Å². The van der Waals surface area contributed by atoms with Crippen molar-refractivity contribution in [3.8, 4) is 0 Å². The summed E-state index contributed by atoms with van der Waals surface area (Å²) >= 11 is 0. The van der Waals surface area contributed by atoms with Crippen LogP contribution in [0.5, 0.6) is 0 Å². The lowest BCUT2D eigenvalue weighted by Crippen LogP contribution is -2.77. The fraction of sp³-hybridized carbons (Fsp3) is 1.00. The van der Waals surface area contributed by atoms with Gasteiger partial charge in [0.25, 0.3) is 0 Å². The summed E-state index contributed by atoms with van der Waals surface area (Å²) in [7, 11) is -3.49. The maximum absolute atomic E-state index is 13.7. The minimum absolute atomic E-state index is 0.859. The highest BCUT2D eigenvalue weighted by Gasteiger charge is 2.98. The highest BCUT2D eigenvalue weighted by molar-refractivity contribution is 6.69. The van der Waals surface area contributed by atoms with E-state index in [2.05, 4.69) is 4.43 Å². The molecule has 0 fully saturated rings. The summed E-state index contributed by atoms with van der Waals surface area (Å²) in [5, 5.41) is 0. The molecule has 0 radical (unpaired) electrons. The normalized spacial score (nSPS) is 16.8. The highest BCUT2D eigenvalue weighted by atomic mass is 28.4. The molecule has 0 heterocycles. The van der Waals surface area contributed by atoms with Gasteiger partial charge in [0.1, 0.15) is 6.61 Å². The smallest absolute Gasteiger partial charge is 0.385 e. The van der Waals surface area contributed by atoms with Crippen molar-refractivity contribution in [2.75, 3.05) is 6.61 Å². The first-order valence-electron chi connectivity index (χ1n) is 9.10. The summed E-state index contributed by atoms with van der Waals surface area (Å²) in [6.07, 6.45) is -6.17. The van der Waals surface area contributed by atoms with E-state index in [4.69, 9.17) is 0 Å².